The number of aromatic nitrogens is 2. The Hall–Kier alpha value is -4.82. The summed E-state index contributed by atoms with van der Waals surface area (Å²) in [5, 5.41) is 27.1. The molecule has 2 fully saturated rings. The Bertz CT molecular complexity index is 1960. The molecule has 10 nitrogen and oxygen atoms in total. The Balaban J connectivity index is 1.26. The number of hydrogen-bond donors (Lipinski definition) is 4. The number of alkyl halides is 3. The van der Waals surface area contributed by atoms with Gasteiger partial charge in [-0.25, -0.2) is 9.37 Å². The molecule has 4 aromatic rings. The van der Waals surface area contributed by atoms with Crippen molar-refractivity contribution < 1.29 is 46.8 Å². The van der Waals surface area contributed by atoms with Gasteiger partial charge in [-0.05, 0) is 81.1 Å². The van der Waals surface area contributed by atoms with E-state index in [1.165, 1.54) is 31.2 Å². The van der Waals surface area contributed by atoms with Crippen LogP contribution in [0.4, 0.5) is 17.6 Å². The molecule has 0 radical (unpaired) electrons. The SMILES string of the molecule is C[C@]1(C(=O)NCC2(O)CC2)COc2c1cc(C(O)(CNC(=O)c1cc(OC3CC3)c3ncccc3c1)C(F)(F)F)nc2-c1ccc(F)cc1. The second-order valence-electron chi connectivity index (χ2n) is 13.2. The van der Waals surface area contributed by atoms with E-state index < -0.39 is 52.7 Å². The van der Waals surface area contributed by atoms with Gasteiger partial charge in [0.1, 0.15) is 40.5 Å². The molecule has 1 unspecified atom stereocenters. The number of amides is 2. The number of nitrogens with one attached hydrogen (secondary N) is 2. The molecule has 14 heteroatoms. The van der Waals surface area contributed by atoms with E-state index in [1.807, 2.05) is 0 Å². The molecule has 2 aliphatic carbocycles. The first-order valence-electron chi connectivity index (χ1n) is 15.8. The monoisotopic (exact) mass is 680 g/mol. The molecule has 3 heterocycles. The number of carbonyl (C=O) groups excluding carboxylic acids is 2. The molecule has 0 bridgehead atoms. The number of fused-ring (bicyclic) bond motifs is 2. The smallest absolute Gasteiger partial charge is 0.424 e. The van der Waals surface area contributed by atoms with Crippen molar-refractivity contribution in [1.82, 2.24) is 20.6 Å². The first-order chi connectivity index (χ1) is 23.2. The largest absolute Gasteiger partial charge is 0.489 e. The van der Waals surface area contributed by atoms with E-state index in [0.29, 0.717) is 29.5 Å². The third kappa shape index (κ3) is 6.14. The lowest BCUT2D eigenvalue weighted by Gasteiger charge is -2.31. The molecule has 3 aliphatic rings. The summed E-state index contributed by atoms with van der Waals surface area (Å²) in [6.07, 6.45) is -1.22. The van der Waals surface area contributed by atoms with Crippen LogP contribution >= 0.6 is 0 Å². The Labute approximate surface area is 277 Å². The molecular formula is C35H32F4N4O6. The second-order valence-corrected chi connectivity index (χ2v) is 13.2. The number of benzene rings is 2. The highest BCUT2D eigenvalue weighted by Gasteiger charge is 2.58. The van der Waals surface area contributed by atoms with Gasteiger partial charge in [-0.2, -0.15) is 13.2 Å². The summed E-state index contributed by atoms with van der Waals surface area (Å²) in [6, 6.07) is 11.9. The summed E-state index contributed by atoms with van der Waals surface area (Å²) in [6.45, 7) is -0.218. The number of ether oxygens (including phenoxy) is 2. The fraction of sp³-hybridized carbons (Fsp3) is 0.371. The van der Waals surface area contributed by atoms with Gasteiger partial charge in [0.05, 0.1) is 23.9 Å². The molecule has 4 N–H and O–H groups in total. The summed E-state index contributed by atoms with van der Waals surface area (Å²) in [7, 11) is 0. The van der Waals surface area contributed by atoms with Crippen LogP contribution in [0.25, 0.3) is 22.2 Å². The lowest BCUT2D eigenvalue weighted by atomic mass is 9.81. The van der Waals surface area contributed by atoms with Crippen molar-refractivity contribution in [3.05, 3.63) is 83.4 Å². The van der Waals surface area contributed by atoms with Crippen LogP contribution in [0, 0.1) is 5.82 Å². The quantitative estimate of drug-likeness (QED) is 0.180. The van der Waals surface area contributed by atoms with Crippen LogP contribution < -0.4 is 20.1 Å². The molecule has 0 spiro atoms. The predicted octanol–water partition coefficient (Wildman–Crippen LogP) is 4.45. The molecule has 49 heavy (non-hydrogen) atoms. The minimum atomic E-state index is -5.37. The maximum atomic E-state index is 15.0. The second kappa shape index (κ2) is 11.7. The van der Waals surface area contributed by atoms with E-state index in [1.54, 1.807) is 18.3 Å². The molecule has 2 atom stereocenters. The number of pyridine rings is 2. The maximum Gasteiger partial charge on any atom is 0.424 e. The first-order valence-corrected chi connectivity index (χ1v) is 15.8. The summed E-state index contributed by atoms with van der Waals surface area (Å²) < 4.78 is 70.5. The van der Waals surface area contributed by atoms with Crippen molar-refractivity contribution in [3.8, 4) is 22.8 Å². The third-order valence-corrected chi connectivity index (χ3v) is 9.24. The van der Waals surface area contributed by atoms with Gasteiger partial charge in [0.25, 0.3) is 5.91 Å². The fourth-order valence-corrected chi connectivity index (χ4v) is 5.74. The zero-order valence-electron chi connectivity index (χ0n) is 26.2. The van der Waals surface area contributed by atoms with Gasteiger partial charge < -0.3 is 30.3 Å². The number of nitrogens with zero attached hydrogens (tertiary/aromatic N) is 2. The summed E-state index contributed by atoms with van der Waals surface area (Å²) in [5.41, 5.74) is -6.78. The van der Waals surface area contributed by atoms with Crippen molar-refractivity contribution in [3.63, 3.8) is 0 Å². The van der Waals surface area contributed by atoms with E-state index in [2.05, 4.69) is 20.6 Å². The van der Waals surface area contributed by atoms with Crippen LogP contribution in [-0.2, 0) is 15.8 Å². The highest BCUT2D eigenvalue weighted by Crippen LogP contribution is 2.48. The Morgan fingerprint density at radius 2 is 1.82 bits per heavy atom. The normalized spacial score (nSPS) is 20.6. The van der Waals surface area contributed by atoms with Gasteiger partial charge in [-0.3, -0.25) is 14.6 Å². The van der Waals surface area contributed by atoms with Gasteiger partial charge in [-0.15, -0.1) is 0 Å². The summed E-state index contributed by atoms with van der Waals surface area (Å²) in [4.78, 5) is 35.4. The van der Waals surface area contributed by atoms with E-state index in [0.717, 1.165) is 31.0 Å². The van der Waals surface area contributed by atoms with Crippen LogP contribution in [0.15, 0.2) is 60.8 Å². The number of hydrogen-bond acceptors (Lipinski definition) is 8. The van der Waals surface area contributed by atoms with Crippen LogP contribution in [0.3, 0.4) is 0 Å². The molecule has 256 valence electrons. The average Bonchev–Trinajstić information content (AvgIpc) is 4.01. The molecule has 2 aromatic carbocycles. The number of carbonyl (C=O) groups is 2. The highest BCUT2D eigenvalue weighted by molar-refractivity contribution is 6.00. The lowest BCUT2D eigenvalue weighted by Crippen LogP contribution is -2.52. The van der Waals surface area contributed by atoms with Crippen molar-refractivity contribution in [2.45, 2.75) is 61.5 Å². The highest BCUT2D eigenvalue weighted by atomic mass is 19.4. The van der Waals surface area contributed by atoms with Gasteiger partial charge >= 0.3 is 6.18 Å². The van der Waals surface area contributed by atoms with E-state index >= 15 is 0 Å². The Morgan fingerprint density at radius 3 is 2.49 bits per heavy atom. The van der Waals surface area contributed by atoms with Crippen molar-refractivity contribution in [2.75, 3.05) is 19.7 Å². The third-order valence-electron chi connectivity index (χ3n) is 9.24. The van der Waals surface area contributed by atoms with Gasteiger partial charge in [0.2, 0.25) is 11.5 Å². The zero-order chi connectivity index (χ0) is 34.8. The van der Waals surface area contributed by atoms with Crippen LogP contribution in [0.5, 0.6) is 11.5 Å². The minimum absolute atomic E-state index is 0.00462. The van der Waals surface area contributed by atoms with E-state index in [-0.39, 0.29) is 47.4 Å². The number of aliphatic hydroxyl groups is 2. The van der Waals surface area contributed by atoms with Crippen molar-refractivity contribution in [2.24, 2.45) is 0 Å². The minimum Gasteiger partial charge on any atom is -0.489 e. The summed E-state index contributed by atoms with van der Waals surface area (Å²) in [5.74, 6) is -1.84. The maximum absolute atomic E-state index is 15.0. The average molecular weight is 681 g/mol. The molecule has 2 amide bonds. The lowest BCUT2D eigenvalue weighted by molar-refractivity contribution is -0.265. The Kier molecular flexibility index (Phi) is 7.78. The standard InChI is InChI=1S/C35H32F4N4O6/c1-32(31(45)42-16-33(46)10-11-33)18-48-29-24(32)15-26(43-28(29)19-4-6-22(36)7-5-19)34(47,35(37,38)39)17-41-30(44)21-13-20-3-2-12-40-27(20)25(14-21)49-23-8-9-23/h2-7,12-15,23,46-47H,8-11,16-18H2,1H3,(H,41,44)(H,42,45)/t32-,34?/m0/s1. The van der Waals surface area contributed by atoms with Crippen LogP contribution in [0.1, 0.15) is 54.2 Å². The zero-order valence-corrected chi connectivity index (χ0v) is 26.2. The van der Waals surface area contributed by atoms with E-state index in [9.17, 15) is 37.4 Å². The molecule has 2 saturated carbocycles. The van der Waals surface area contributed by atoms with Crippen LogP contribution in [0.2, 0.25) is 0 Å². The summed E-state index contributed by atoms with van der Waals surface area (Å²) >= 11 is 0. The fourth-order valence-electron chi connectivity index (χ4n) is 5.74. The molecule has 7 rings (SSSR count). The van der Waals surface area contributed by atoms with Crippen LogP contribution in [-0.4, -0.2) is 69.6 Å². The van der Waals surface area contributed by atoms with Crippen molar-refractivity contribution in [1.29, 1.82) is 0 Å². The molecule has 1 aliphatic heterocycles. The predicted molar refractivity (Wildman–Crippen MR) is 167 cm³/mol. The van der Waals surface area contributed by atoms with E-state index in [4.69, 9.17) is 9.47 Å². The van der Waals surface area contributed by atoms with Gasteiger partial charge in [-0.1, -0.05) is 6.07 Å². The molecule has 0 saturated heterocycles. The number of rotatable bonds is 10. The van der Waals surface area contributed by atoms with Crippen molar-refractivity contribution >= 4 is 22.7 Å². The first kappa shape index (κ1) is 32.7. The topological polar surface area (TPSA) is 143 Å². The molecular weight excluding hydrogens is 648 g/mol. The number of halogens is 4. The molecule has 2 aromatic heterocycles. The van der Waals surface area contributed by atoms with Gasteiger partial charge in [0.15, 0.2) is 0 Å². The van der Waals surface area contributed by atoms with Gasteiger partial charge in [0, 0.05) is 34.8 Å². The Morgan fingerprint density at radius 1 is 1.08 bits per heavy atom.